The maximum absolute atomic E-state index is 11.9. The molecule has 0 saturated heterocycles. The first-order valence-corrected chi connectivity index (χ1v) is 9.26. The maximum Gasteiger partial charge on any atom is 0.238 e. The first kappa shape index (κ1) is 17.4. The second-order valence-electron chi connectivity index (χ2n) is 5.06. The molecule has 1 aromatic heterocycles. The number of primary sulfonamides is 1. The van der Waals surface area contributed by atoms with Crippen LogP contribution in [-0.4, -0.2) is 35.3 Å². The van der Waals surface area contributed by atoms with Crippen LogP contribution < -0.4 is 10.5 Å². The zero-order chi connectivity index (χ0) is 17.0. The Bertz CT molecular complexity index is 784. The number of amides is 1. The molecule has 0 atom stereocenters. The summed E-state index contributed by atoms with van der Waals surface area (Å²) in [7, 11) is -3.74. The molecule has 1 aromatic carbocycles. The lowest BCUT2D eigenvalue weighted by Gasteiger charge is -2.05. The van der Waals surface area contributed by atoms with E-state index in [0.717, 1.165) is 5.82 Å². The van der Waals surface area contributed by atoms with Crippen LogP contribution in [0.2, 0.25) is 0 Å². The van der Waals surface area contributed by atoms with E-state index in [1.54, 1.807) is 0 Å². The van der Waals surface area contributed by atoms with Crippen molar-refractivity contribution in [2.24, 2.45) is 5.14 Å². The molecular weight excluding hydrogens is 338 g/mol. The van der Waals surface area contributed by atoms with Crippen molar-refractivity contribution in [3.05, 3.63) is 30.1 Å². The minimum Gasteiger partial charge on any atom is -0.325 e. The number of anilines is 1. The largest absolute Gasteiger partial charge is 0.325 e. The molecule has 23 heavy (non-hydrogen) atoms. The molecule has 0 bridgehead atoms. The minimum absolute atomic E-state index is 0.00758. The van der Waals surface area contributed by atoms with E-state index in [9.17, 15) is 13.2 Å². The third-order valence-corrected chi connectivity index (χ3v) is 4.60. The van der Waals surface area contributed by atoms with Gasteiger partial charge in [0, 0.05) is 11.6 Å². The summed E-state index contributed by atoms with van der Waals surface area (Å²) in [5.74, 6) is 0.913. The lowest BCUT2D eigenvalue weighted by atomic mass is 10.2. The maximum atomic E-state index is 11.9. The lowest BCUT2D eigenvalue weighted by Crippen LogP contribution is -2.15. The summed E-state index contributed by atoms with van der Waals surface area (Å²) in [5.41, 5.74) is 0.487. The van der Waals surface area contributed by atoms with E-state index >= 15 is 0 Å². The zero-order valence-corrected chi connectivity index (χ0v) is 14.2. The normalized spacial score (nSPS) is 11.7. The fourth-order valence-corrected chi connectivity index (χ4v) is 2.76. The van der Waals surface area contributed by atoms with Gasteiger partial charge in [-0.1, -0.05) is 25.6 Å². The van der Waals surface area contributed by atoms with Crippen LogP contribution in [0.15, 0.2) is 34.3 Å². The molecule has 0 saturated carbocycles. The summed E-state index contributed by atoms with van der Waals surface area (Å²) in [6.45, 7) is 3.99. The molecule has 2 aromatic rings. The predicted octanol–water partition coefficient (Wildman–Crippen LogP) is 1.31. The molecule has 2 rings (SSSR count). The number of carbonyl (C=O) groups is 1. The summed E-state index contributed by atoms with van der Waals surface area (Å²) in [6.07, 6.45) is 0. The second-order valence-corrected chi connectivity index (χ2v) is 7.57. The van der Waals surface area contributed by atoms with Gasteiger partial charge in [0.2, 0.25) is 21.1 Å². The Balaban J connectivity index is 1.89. The van der Waals surface area contributed by atoms with Gasteiger partial charge in [0.05, 0.1) is 10.6 Å². The van der Waals surface area contributed by atoms with E-state index in [1.807, 2.05) is 13.8 Å². The van der Waals surface area contributed by atoms with Gasteiger partial charge in [0.25, 0.3) is 0 Å². The average Bonchev–Trinajstić information content (AvgIpc) is 2.94. The fourth-order valence-electron chi connectivity index (χ4n) is 1.64. The van der Waals surface area contributed by atoms with Gasteiger partial charge >= 0.3 is 0 Å². The van der Waals surface area contributed by atoms with Gasteiger partial charge in [-0.2, -0.15) is 0 Å². The van der Waals surface area contributed by atoms with Crippen LogP contribution in [0.25, 0.3) is 0 Å². The fraction of sp³-hybridized carbons (Fsp3) is 0.308. The Hall–Kier alpha value is -1.91. The van der Waals surface area contributed by atoms with Gasteiger partial charge in [-0.25, -0.2) is 18.5 Å². The topological polar surface area (TPSA) is 131 Å². The second kappa shape index (κ2) is 7.11. The van der Waals surface area contributed by atoms with Crippen LogP contribution in [-0.2, 0) is 14.8 Å². The third kappa shape index (κ3) is 5.05. The number of rotatable bonds is 6. The molecule has 0 radical (unpaired) electrons. The number of aromatic amines is 1. The molecule has 1 heterocycles. The molecule has 4 N–H and O–H groups in total. The highest BCUT2D eigenvalue weighted by Gasteiger charge is 2.11. The van der Waals surface area contributed by atoms with Crippen LogP contribution in [0.1, 0.15) is 25.6 Å². The number of nitrogens with one attached hydrogen (secondary N) is 2. The Morgan fingerprint density at radius 2 is 2.00 bits per heavy atom. The predicted molar refractivity (Wildman–Crippen MR) is 87.6 cm³/mol. The quantitative estimate of drug-likeness (QED) is 0.670. The van der Waals surface area contributed by atoms with Crippen molar-refractivity contribution < 1.29 is 13.2 Å². The number of hydrogen-bond acceptors (Lipinski definition) is 6. The van der Waals surface area contributed by atoms with E-state index in [-0.39, 0.29) is 22.5 Å². The monoisotopic (exact) mass is 355 g/mol. The molecule has 0 fully saturated rings. The number of thioether (sulfide) groups is 1. The van der Waals surface area contributed by atoms with Gasteiger partial charge in [-0.3, -0.25) is 9.89 Å². The van der Waals surface area contributed by atoms with Gasteiger partial charge in [-0.15, -0.1) is 5.10 Å². The smallest absolute Gasteiger partial charge is 0.238 e. The van der Waals surface area contributed by atoms with Crippen LogP contribution >= 0.6 is 11.8 Å². The van der Waals surface area contributed by atoms with Crippen molar-refractivity contribution in [1.29, 1.82) is 0 Å². The summed E-state index contributed by atoms with van der Waals surface area (Å²) in [4.78, 5) is 16.1. The highest BCUT2D eigenvalue weighted by molar-refractivity contribution is 7.99. The van der Waals surface area contributed by atoms with Crippen molar-refractivity contribution in [2.75, 3.05) is 11.1 Å². The molecule has 0 aliphatic rings. The SMILES string of the molecule is CC(C)c1nc(SCC(=O)Nc2ccc(S(N)(=O)=O)cc2)n[nH]1. The highest BCUT2D eigenvalue weighted by atomic mass is 32.2. The summed E-state index contributed by atoms with van der Waals surface area (Å²) < 4.78 is 22.3. The molecule has 0 spiro atoms. The highest BCUT2D eigenvalue weighted by Crippen LogP contribution is 2.17. The standard InChI is InChI=1S/C13H17N5O3S2/c1-8(2)12-16-13(18-17-12)22-7-11(19)15-9-3-5-10(6-4-9)23(14,20)21/h3-6,8H,7H2,1-2H3,(H,15,19)(H2,14,20,21)(H,16,17,18). The number of H-pyrrole nitrogens is 1. The zero-order valence-electron chi connectivity index (χ0n) is 12.6. The van der Waals surface area contributed by atoms with Gasteiger partial charge < -0.3 is 5.32 Å². The number of aromatic nitrogens is 3. The summed E-state index contributed by atoms with van der Waals surface area (Å²) in [5, 5.41) is 15.0. The molecule has 124 valence electrons. The molecule has 0 aliphatic carbocycles. The van der Waals surface area contributed by atoms with E-state index in [4.69, 9.17) is 5.14 Å². The van der Waals surface area contributed by atoms with Gasteiger partial charge in [0.15, 0.2) is 0 Å². The van der Waals surface area contributed by atoms with Crippen molar-refractivity contribution in [2.45, 2.75) is 29.8 Å². The van der Waals surface area contributed by atoms with E-state index in [2.05, 4.69) is 20.5 Å². The van der Waals surface area contributed by atoms with Crippen molar-refractivity contribution in [1.82, 2.24) is 15.2 Å². The third-order valence-electron chi connectivity index (χ3n) is 2.83. The van der Waals surface area contributed by atoms with E-state index in [1.165, 1.54) is 36.0 Å². The Morgan fingerprint density at radius 1 is 1.35 bits per heavy atom. The number of carbonyl (C=O) groups excluding carboxylic acids is 1. The lowest BCUT2D eigenvalue weighted by molar-refractivity contribution is -0.113. The van der Waals surface area contributed by atoms with Crippen LogP contribution in [0.3, 0.4) is 0 Å². The first-order valence-electron chi connectivity index (χ1n) is 6.73. The van der Waals surface area contributed by atoms with Crippen LogP contribution in [0.4, 0.5) is 5.69 Å². The minimum atomic E-state index is -3.74. The Labute approximate surface area is 138 Å². The molecule has 0 unspecified atom stereocenters. The first-order chi connectivity index (χ1) is 10.8. The van der Waals surface area contributed by atoms with Gasteiger partial charge in [-0.05, 0) is 24.3 Å². The summed E-state index contributed by atoms with van der Waals surface area (Å²) >= 11 is 1.21. The van der Waals surface area contributed by atoms with E-state index in [0.29, 0.717) is 10.8 Å². The Morgan fingerprint density at radius 3 is 2.52 bits per heavy atom. The number of benzene rings is 1. The number of hydrogen-bond donors (Lipinski definition) is 3. The number of nitrogens with zero attached hydrogens (tertiary/aromatic N) is 2. The summed E-state index contributed by atoms with van der Waals surface area (Å²) in [6, 6.07) is 5.63. The number of nitrogens with two attached hydrogens (primary N) is 1. The van der Waals surface area contributed by atoms with Crippen LogP contribution in [0.5, 0.6) is 0 Å². The molecular formula is C13H17N5O3S2. The average molecular weight is 355 g/mol. The Kier molecular flexibility index (Phi) is 5.39. The van der Waals surface area contributed by atoms with Gasteiger partial charge in [0.1, 0.15) is 5.82 Å². The molecule has 8 nitrogen and oxygen atoms in total. The van der Waals surface area contributed by atoms with Crippen molar-refractivity contribution >= 4 is 33.4 Å². The molecule has 10 heteroatoms. The number of sulfonamides is 1. The van der Waals surface area contributed by atoms with Crippen LogP contribution in [0, 0.1) is 0 Å². The molecule has 0 aliphatic heterocycles. The molecule has 1 amide bonds. The van der Waals surface area contributed by atoms with Crippen molar-refractivity contribution in [3.63, 3.8) is 0 Å². The van der Waals surface area contributed by atoms with E-state index < -0.39 is 10.0 Å². The van der Waals surface area contributed by atoms with Crippen molar-refractivity contribution in [3.8, 4) is 0 Å².